The van der Waals surface area contributed by atoms with Crippen LogP contribution in [0.5, 0.6) is 5.75 Å². The SMILES string of the molecule is CCOc1cc(C)c(C2=CC(=O)NC2=O)cc1C. The van der Waals surface area contributed by atoms with E-state index < -0.39 is 0 Å². The first kappa shape index (κ1) is 12.4. The van der Waals surface area contributed by atoms with Crippen molar-refractivity contribution in [2.45, 2.75) is 20.8 Å². The first-order valence-electron chi connectivity index (χ1n) is 5.84. The lowest BCUT2D eigenvalue weighted by molar-refractivity contribution is -0.123. The topological polar surface area (TPSA) is 55.4 Å². The monoisotopic (exact) mass is 245 g/mol. The van der Waals surface area contributed by atoms with Crippen LogP contribution in [0.25, 0.3) is 5.57 Å². The molecule has 2 amide bonds. The number of amides is 2. The molecule has 18 heavy (non-hydrogen) atoms. The van der Waals surface area contributed by atoms with Crippen molar-refractivity contribution < 1.29 is 14.3 Å². The number of hydrogen-bond acceptors (Lipinski definition) is 3. The Kier molecular flexibility index (Phi) is 3.19. The van der Waals surface area contributed by atoms with E-state index in [4.69, 9.17) is 4.74 Å². The summed E-state index contributed by atoms with van der Waals surface area (Å²) >= 11 is 0. The van der Waals surface area contributed by atoms with Crippen LogP contribution in [0.4, 0.5) is 0 Å². The van der Waals surface area contributed by atoms with Gasteiger partial charge in [0.1, 0.15) is 5.75 Å². The van der Waals surface area contributed by atoms with Gasteiger partial charge in [0.2, 0.25) is 0 Å². The Morgan fingerprint density at radius 2 is 1.89 bits per heavy atom. The highest BCUT2D eigenvalue weighted by atomic mass is 16.5. The van der Waals surface area contributed by atoms with Crippen LogP contribution in [-0.4, -0.2) is 18.4 Å². The highest BCUT2D eigenvalue weighted by Crippen LogP contribution is 2.28. The van der Waals surface area contributed by atoms with Crippen molar-refractivity contribution in [3.8, 4) is 5.75 Å². The summed E-state index contributed by atoms with van der Waals surface area (Å²) in [4.78, 5) is 22.8. The standard InChI is InChI=1S/C14H15NO3/c1-4-18-12-6-8(2)10(5-9(12)3)11-7-13(16)15-14(11)17/h5-7H,4H2,1-3H3,(H,15,16,17). The first-order chi connectivity index (χ1) is 8.52. The molecule has 1 N–H and O–H groups in total. The van der Waals surface area contributed by atoms with Gasteiger partial charge in [0, 0.05) is 6.08 Å². The van der Waals surface area contributed by atoms with E-state index in [-0.39, 0.29) is 11.8 Å². The molecule has 0 fully saturated rings. The van der Waals surface area contributed by atoms with Crippen molar-refractivity contribution in [2.75, 3.05) is 6.61 Å². The Balaban J connectivity index is 2.47. The molecular weight excluding hydrogens is 230 g/mol. The van der Waals surface area contributed by atoms with Crippen LogP contribution in [0, 0.1) is 13.8 Å². The zero-order chi connectivity index (χ0) is 13.3. The van der Waals surface area contributed by atoms with E-state index in [1.54, 1.807) is 0 Å². The second kappa shape index (κ2) is 4.64. The number of imide groups is 1. The molecule has 4 nitrogen and oxygen atoms in total. The molecular formula is C14H15NO3. The van der Waals surface area contributed by atoms with Crippen LogP contribution in [0.3, 0.4) is 0 Å². The van der Waals surface area contributed by atoms with Gasteiger partial charge in [-0.15, -0.1) is 0 Å². The Hall–Kier alpha value is -2.10. The second-order valence-corrected chi connectivity index (χ2v) is 4.24. The van der Waals surface area contributed by atoms with Crippen LogP contribution in [0.1, 0.15) is 23.6 Å². The van der Waals surface area contributed by atoms with Crippen LogP contribution in [0.2, 0.25) is 0 Å². The predicted octanol–water partition coefficient (Wildman–Crippen LogP) is 1.74. The van der Waals surface area contributed by atoms with Gasteiger partial charge in [-0.3, -0.25) is 14.9 Å². The first-order valence-corrected chi connectivity index (χ1v) is 5.84. The van der Waals surface area contributed by atoms with Crippen LogP contribution in [-0.2, 0) is 9.59 Å². The van der Waals surface area contributed by atoms with Gasteiger partial charge < -0.3 is 4.74 Å². The maximum Gasteiger partial charge on any atom is 0.258 e. The molecule has 1 aromatic carbocycles. The van der Waals surface area contributed by atoms with Gasteiger partial charge in [0.15, 0.2) is 0 Å². The Morgan fingerprint density at radius 1 is 1.17 bits per heavy atom. The van der Waals surface area contributed by atoms with E-state index in [2.05, 4.69) is 5.32 Å². The fourth-order valence-corrected chi connectivity index (χ4v) is 2.00. The highest BCUT2D eigenvalue weighted by Gasteiger charge is 2.23. The summed E-state index contributed by atoms with van der Waals surface area (Å²) in [5, 5.41) is 2.25. The lowest BCUT2D eigenvalue weighted by Crippen LogP contribution is -2.21. The number of carbonyl (C=O) groups is 2. The Labute approximate surface area is 106 Å². The van der Waals surface area contributed by atoms with Gasteiger partial charge in [0.05, 0.1) is 12.2 Å². The van der Waals surface area contributed by atoms with E-state index in [0.717, 1.165) is 22.4 Å². The van der Waals surface area contributed by atoms with E-state index in [1.165, 1.54) is 6.08 Å². The maximum absolute atomic E-state index is 11.6. The molecule has 4 heteroatoms. The summed E-state index contributed by atoms with van der Waals surface area (Å²) in [6.45, 7) is 6.34. The van der Waals surface area contributed by atoms with Crippen molar-refractivity contribution in [1.29, 1.82) is 0 Å². The fourth-order valence-electron chi connectivity index (χ4n) is 2.00. The number of benzene rings is 1. The molecule has 94 valence electrons. The normalized spacial score (nSPS) is 14.5. The smallest absolute Gasteiger partial charge is 0.258 e. The third-order valence-electron chi connectivity index (χ3n) is 2.87. The maximum atomic E-state index is 11.6. The van der Waals surface area contributed by atoms with Gasteiger partial charge >= 0.3 is 0 Å². The number of rotatable bonds is 3. The summed E-state index contributed by atoms with van der Waals surface area (Å²) in [5.74, 6) is 0.108. The minimum Gasteiger partial charge on any atom is -0.494 e. The van der Waals surface area contributed by atoms with Crippen LogP contribution in [0.15, 0.2) is 18.2 Å². The van der Waals surface area contributed by atoms with E-state index in [9.17, 15) is 9.59 Å². The van der Waals surface area contributed by atoms with Crippen LogP contribution < -0.4 is 10.1 Å². The van der Waals surface area contributed by atoms with Gasteiger partial charge in [0.25, 0.3) is 11.8 Å². The molecule has 0 unspecified atom stereocenters. The molecule has 0 saturated heterocycles. The predicted molar refractivity (Wildman–Crippen MR) is 68.2 cm³/mol. The molecule has 0 saturated carbocycles. The number of aryl methyl sites for hydroxylation is 2. The minimum absolute atomic E-state index is 0.341. The molecule has 0 aliphatic carbocycles. The summed E-state index contributed by atoms with van der Waals surface area (Å²) < 4.78 is 5.50. The Morgan fingerprint density at radius 3 is 2.44 bits per heavy atom. The molecule has 0 aromatic heterocycles. The summed E-state index contributed by atoms with van der Waals surface area (Å²) in [6.07, 6.45) is 1.34. The van der Waals surface area contributed by atoms with Gasteiger partial charge in [-0.25, -0.2) is 0 Å². The van der Waals surface area contributed by atoms with Crippen molar-refractivity contribution in [1.82, 2.24) is 5.32 Å². The van der Waals surface area contributed by atoms with Gasteiger partial charge in [-0.2, -0.15) is 0 Å². The molecule has 1 aliphatic heterocycles. The van der Waals surface area contributed by atoms with E-state index in [0.29, 0.717) is 12.2 Å². The van der Waals surface area contributed by atoms with E-state index in [1.807, 2.05) is 32.9 Å². The quantitative estimate of drug-likeness (QED) is 0.825. The second-order valence-electron chi connectivity index (χ2n) is 4.24. The summed E-state index contributed by atoms with van der Waals surface area (Å²) in [7, 11) is 0. The molecule has 1 heterocycles. The number of ether oxygens (including phenoxy) is 1. The lowest BCUT2D eigenvalue weighted by atomic mass is 9.98. The third-order valence-corrected chi connectivity index (χ3v) is 2.87. The summed E-state index contributed by atoms with van der Waals surface area (Å²) in [5.41, 5.74) is 3.06. The molecule has 1 aliphatic rings. The number of nitrogens with one attached hydrogen (secondary N) is 1. The van der Waals surface area contributed by atoms with Crippen molar-refractivity contribution >= 4 is 17.4 Å². The largest absolute Gasteiger partial charge is 0.494 e. The average Bonchev–Trinajstić information content (AvgIpc) is 2.63. The zero-order valence-corrected chi connectivity index (χ0v) is 10.7. The van der Waals surface area contributed by atoms with Gasteiger partial charge in [-0.05, 0) is 49.6 Å². The molecule has 0 atom stereocenters. The molecule has 0 bridgehead atoms. The molecule has 0 spiro atoms. The number of carbonyl (C=O) groups excluding carboxylic acids is 2. The number of hydrogen-bond donors (Lipinski definition) is 1. The molecule has 0 radical (unpaired) electrons. The van der Waals surface area contributed by atoms with Crippen LogP contribution >= 0.6 is 0 Å². The Bertz CT molecular complexity index is 558. The van der Waals surface area contributed by atoms with Crippen molar-refractivity contribution in [2.24, 2.45) is 0 Å². The van der Waals surface area contributed by atoms with E-state index >= 15 is 0 Å². The fraction of sp³-hybridized carbons (Fsp3) is 0.286. The summed E-state index contributed by atoms with van der Waals surface area (Å²) in [6, 6.07) is 3.77. The molecule has 1 aromatic rings. The molecule has 2 rings (SSSR count). The average molecular weight is 245 g/mol. The third kappa shape index (κ3) is 2.14. The zero-order valence-electron chi connectivity index (χ0n) is 10.7. The van der Waals surface area contributed by atoms with Gasteiger partial charge in [-0.1, -0.05) is 0 Å². The van der Waals surface area contributed by atoms with Crippen molar-refractivity contribution in [3.05, 3.63) is 34.9 Å². The lowest BCUT2D eigenvalue weighted by Gasteiger charge is -2.12. The highest BCUT2D eigenvalue weighted by molar-refractivity contribution is 6.33. The van der Waals surface area contributed by atoms with Crippen molar-refractivity contribution in [3.63, 3.8) is 0 Å². The minimum atomic E-state index is -0.360.